The van der Waals surface area contributed by atoms with Crippen molar-refractivity contribution in [1.82, 2.24) is 4.90 Å². The maximum atomic E-state index is 5.98. The highest BCUT2D eigenvalue weighted by Gasteiger charge is 2.35. The summed E-state index contributed by atoms with van der Waals surface area (Å²) in [4.78, 5) is 2.54. The first kappa shape index (κ1) is 11.4. The topological polar surface area (TPSA) is 38.5 Å². The zero-order valence-corrected chi connectivity index (χ0v) is 9.87. The van der Waals surface area contributed by atoms with Gasteiger partial charge in [-0.15, -0.1) is 0 Å². The number of nitrogens with zero attached hydrogens (tertiary/aromatic N) is 1. The summed E-state index contributed by atoms with van der Waals surface area (Å²) in [6.07, 6.45) is 5.54. The molecular formula is C12H24N2O. The van der Waals surface area contributed by atoms with Crippen molar-refractivity contribution in [1.29, 1.82) is 0 Å². The molecule has 1 aliphatic carbocycles. The number of rotatable bonds is 4. The van der Waals surface area contributed by atoms with E-state index in [9.17, 15) is 0 Å². The van der Waals surface area contributed by atoms with Crippen molar-refractivity contribution in [2.75, 3.05) is 32.8 Å². The standard InChI is InChI=1S/C12H24N2O/c1-12(10-13,9-11-3-2-4-11)14-5-7-15-8-6-14/h11H,2-10,13H2,1H3. The van der Waals surface area contributed by atoms with Gasteiger partial charge in [-0.05, 0) is 19.3 Å². The molecule has 2 aliphatic rings. The van der Waals surface area contributed by atoms with Gasteiger partial charge < -0.3 is 10.5 Å². The molecule has 3 heteroatoms. The molecule has 2 N–H and O–H groups in total. The van der Waals surface area contributed by atoms with E-state index in [2.05, 4.69) is 11.8 Å². The molecule has 0 amide bonds. The molecule has 1 unspecified atom stereocenters. The minimum atomic E-state index is 0.217. The van der Waals surface area contributed by atoms with Crippen molar-refractivity contribution in [3.63, 3.8) is 0 Å². The zero-order valence-electron chi connectivity index (χ0n) is 9.87. The molecule has 88 valence electrons. The van der Waals surface area contributed by atoms with E-state index in [0.717, 1.165) is 38.8 Å². The smallest absolute Gasteiger partial charge is 0.0594 e. The van der Waals surface area contributed by atoms with Crippen LogP contribution in [0.25, 0.3) is 0 Å². The average Bonchev–Trinajstić information content (AvgIpc) is 2.24. The van der Waals surface area contributed by atoms with E-state index in [0.29, 0.717) is 0 Å². The predicted octanol–water partition coefficient (Wildman–Crippen LogP) is 1.23. The summed E-state index contributed by atoms with van der Waals surface area (Å²) in [5.41, 5.74) is 6.20. The monoisotopic (exact) mass is 212 g/mol. The van der Waals surface area contributed by atoms with Gasteiger partial charge >= 0.3 is 0 Å². The van der Waals surface area contributed by atoms with E-state index in [4.69, 9.17) is 10.5 Å². The van der Waals surface area contributed by atoms with Crippen LogP contribution in [-0.4, -0.2) is 43.3 Å². The second-order valence-electron chi connectivity index (χ2n) is 5.30. The molecule has 0 bridgehead atoms. The Kier molecular flexibility index (Phi) is 3.65. The Bertz CT molecular complexity index is 200. The molecule has 0 aromatic rings. The third kappa shape index (κ3) is 2.52. The van der Waals surface area contributed by atoms with Gasteiger partial charge in [-0.2, -0.15) is 0 Å². The van der Waals surface area contributed by atoms with Gasteiger partial charge in [0.15, 0.2) is 0 Å². The van der Waals surface area contributed by atoms with Crippen LogP contribution < -0.4 is 5.73 Å². The van der Waals surface area contributed by atoms with Crippen LogP contribution in [0, 0.1) is 5.92 Å². The van der Waals surface area contributed by atoms with Crippen molar-refractivity contribution >= 4 is 0 Å². The number of ether oxygens (including phenoxy) is 1. The molecule has 15 heavy (non-hydrogen) atoms. The van der Waals surface area contributed by atoms with Crippen molar-refractivity contribution in [2.45, 2.75) is 38.1 Å². The molecule has 0 spiro atoms. The largest absolute Gasteiger partial charge is 0.379 e. The van der Waals surface area contributed by atoms with Gasteiger partial charge in [-0.25, -0.2) is 0 Å². The number of hydrogen-bond acceptors (Lipinski definition) is 3. The first-order chi connectivity index (χ1) is 7.24. The van der Waals surface area contributed by atoms with E-state index in [-0.39, 0.29) is 5.54 Å². The lowest BCUT2D eigenvalue weighted by atomic mass is 9.76. The molecule has 2 fully saturated rings. The third-order valence-corrected chi connectivity index (χ3v) is 4.17. The van der Waals surface area contributed by atoms with E-state index in [1.54, 1.807) is 0 Å². The van der Waals surface area contributed by atoms with Gasteiger partial charge in [0.05, 0.1) is 13.2 Å². The Hall–Kier alpha value is -0.120. The van der Waals surface area contributed by atoms with E-state index in [1.165, 1.54) is 25.7 Å². The van der Waals surface area contributed by atoms with Gasteiger partial charge in [-0.3, -0.25) is 4.90 Å². The summed E-state index contributed by atoms with van der Waals surface area (Å²) in [6, 6.07) is 0. The third-order valence-electron chi connectivity index (χ3n) is 4.17. The Morgan fingerprint density at radius 3 is 2.47 bits per heavy atom. The summed E-state index contributed by atoms with van der Waals surface area (Å²) < 4.78 is 5.40. The molecule has 1 atom stereocenters. The number of morpholine rings is 1. The molecule has 1 saturated carbocycles. The van der Waals surface area contributed by atoms with Crippen molar-refractivity contribution in [2.24, 2.45) is 11.7 Å². The quantitative estimate of drug-likeness (QED) is 0.761. The first-order valence-corrected chi connectivity index (χ1v) is 6.27. The highest BCUT2D eigenvalue weighted by atomic mass is 16.5. The SMILES string of the molecule is CC(CN)(CC1CCC1)N1CCOCC1. The maximum Gasteiger partial charge on any atom is 0.0594 e. The van der Waals surface area contributed by atoms with Crippen molar-refractivity contribution < 1.29 is 4.74 Å². The van der Waals surface area contributed by atoms with Crippen LogP contribution >= 0.6 is 0 Å². The lowest BCUT2D eigenvalue weighted by Gasteiger charge is -2.46. The summed E-state index contributed by atoms with van der Waals surface area (Å²) >= 11 is 0. The van der Waals surface area contributed by atoms with Crippen molar-refractivity contribution in [3.8, 4) is 0 Å². The maximum absolute atomic E-state index is 5.98. The lowest BCUT2D eigenvalue weighted by molar-refractivity contribution is -0.0258. The van der Waals surface area contributed by atoms with Crippen LogP contribution in [0.15, 0.2) is 0 Å². The van der Waals surface area contributed by atoms with Gasteiger partial charge in [0.2, 0.25) is 0 Å². The Labute approximate surface area is 93.0 Å². The van der Waals surface area contributed by atoms with Crippen LogP contribution in [-0.2, 0) is 4.74 Å². The lowest BCUT2D eigenvalue weighted by Crippen LogP contribution is -2.56. The molecule has 3 nitrogen and oxygen atoms in total. The Morgan fingerprint density at radius 2 is 2.00 bits per heavy atom. The molecule has 1 heterocycles. The van der Waals surface area contributed by atoms with Crippen LogP contribution in [0.3, 0.4) is 0 Å². The molecule has 0 aromatic heterocycles. The van der Waals surface area contributed by atoms with Crippen LogP contribution in [0.2, 0.25) is 0 Å². The molecule has 1 aliphatic heterocycles. The van der Waals surface area contributed by atoms with E-state index < -0.39 is 0 Å². The first-order valence-electron chi connectivity index (χ1n) is 6.27. The second-order valence-corrected chi connectivity index (χ2v) is 5.30. The molecular weight excluding hydrogens is 188 g/mol. The van der Waals surface area contributed by atoms with Crippen molar-refractivity contribution in [3.05, 3.63) is 0 Å². The predicted molar refractivity (Wildman–Crippen MR) is 61.8 cm³/mol. The summed E-state index contributed by atoms with van der Waals surface area (Å²) in [5.74, 6) is 0.932. The van der Waals surface area contributed by atoms with Crippen LogP contribution in [0.1, 0.15) is 32.6 Å². The molecule has 0 aromatic carbocycles. The van der Waals surface area contributed by atoms with Gasteiger partial charge in [0.1, 0.15) is 0 Å². The Balaban J connectivity index is 1.91. The fraction of sp³-hybridized carbons (Fsp3) is 1.00. The highest BCUT2D eigenvalue weighted by Crippen LogP contribution is 2.35. The van der Waals surface area contributed by atoms with Gasteiger partial charge in [0, 0.05) is 25.2 Å². The fourth-order valence-corrected chi connectivity index (χ4v) is 2.76. The van der Waals surface area contributed by atoms with E-state index in [1.807, 2.05) is 0 Å². The van der Waals surface area contributed by atoms with E-state index >= 15 is 0 Å². The van der Waals surface area contributed by atoms with Gasteiger partial charge in [0.25, 0.3) is 0 Å². The second kappa shape index (κ2) is 4.81. The van der Waals surface area contributed by atoms with Gasteiger partial charge in [-0.1, -0.05) is 19.3 Å². The summed E-state index contributed by atoms with van der Waals surface area (Å²) in [6.45, 7) is 6.97. The average molecular weight is 212 g/mol. The Morgan fingerprint density at radius 1 is 1.33 bits per heavy atom. The number of hydrogen-bond donors (Lipinski definition) is 1. The molecule has 0 radical (unpaired) electrons. The highest BCUT2D eigenvalue weighted by molar-refractivity contribution is 4.92. The fourth-order valence-electron chi connectivity index (χ4n) is 2.76. The number of nitrogens with two attached hydrogens (primary N) is 1. The minimum Gasteiger partial charge on any atom is -0.379 e. The van der Waals surface area contributed by atoms with Crippen LogP contribution in [0.5, 0.6) is 0 Å². The molecule has 1 saturated heterocycles. The molecule has 2 rings (SSSR count). The minimum absolute atomic E-state index is 0.217. The normalized spacial score (nSPS) is 28.4. The summed E-state index contributed by atoms with van der Waals surface area (Å²) in [7, 11) is 0. The summed E-state index contributed by atoms with van der Waals surface area (Å²) in [5, 5.41) is 0. The zero-order chi connectivity index (χ0) is 10.7. The van der Waals surface area contributed by atoms with Crippen LogP contribution in [0.4, 0.5) is 0 Å².